The van der Waals surface area contributed by atoms with Gasteiger partial charge in [0.05, 0.1) is 18.2 Å². The van der Waals surface area contributed by atoms with Crippen molar-refractivity contribution in [3.05, 3.63) is 95.8 Å². The van der Waals surface area contributed by atoms with Gasteiger partial charge in [-0.25, -0.2) is 18.2 Å². The highest BCUT2D eigenvalue weighted by Crippen LogP contribution is 2.21. The van der Waals surface area contributed by atoms with E-state index >= 15 is 0 Å². The molecule has 3 rings (SSSR count). The average Bonchev–Trinajstić information content (AvgIpc) is 2.87. The quantitative estimate of drug-likeness (QED) is 0.278. The largest absolute Gasteiger partial charge is 0.484 e. The molecule has 2 N–H and O–H groups in total. The summed E-state index contributed by atoms with van der Waals surface area (Å²) in [6, 6.07) is 21.7. The Balaban J connectivity index is 1.44. The van der Waals surface area contributed by atoms with Crippen LogP contribution in [0.1, 0.15) is 11.1 Å². The number of nitrogens with one attached hydrogen (secondary N) is 2. The van der Waals surface area contributed by atoms with Gasteiger partial charge in [-0.05, 0) is 53.9 Å². The smallest absolute Gasteiger partial charge is 0.260 e. The number of anilines is 1. The molecule has 0 spiro atoms. The van der Waals surface area contributed by atoms with Gasteiger partial charge in [0, 0.05) is 6.54 Å². The fourth-order valence-corrected chi connectivity index (χ4v) is 4.08. The van der Waals surface area contributed by atoms with Crippen molar-refractivity contribution in [1.29, 1.82) is 0 Å². The maximum Gasteiger partial charge on any atom is 0.260 e. The Kier molecular flexibility index (Phi) is 9.73. The Morgan fingerprint density at radius 1 is 0.973 bits per heavy atom. The van der Waals surface area contributed by atoms with Crippen LogP contribution < -0.4 is 19.8 Å². The number of halogens is 1. The van der Waals surface area contributed by atoms with Crippen molar-refractivity contribution in [3.63, 3.8) is 0 Å². The highest BCUT2D eigenvalue weighted by atomic mass is 32.2. The molecule has 11 heteroatoms. The minimum Gasteiger partial charge on any atom is -0.484 e. The van der Waals surface area contributed by atoms with Crippen LogP contribution in [0.15, 0.2) is 84.0 Å². The molecule has 0 aliphatic heterocycles. The van der Waals surface area contributed by atoms with Crippen LogP contribution in [0, 0.1) is 5.82 Å². The third kappa shape index (κ3) is 9.04. The van der Waals surface area contributed by atoms with Gasteiger partial charge in [-0.15, -0.1) is 0 Å². The maximum atomic E-state index is 14.0. The van der Waals surface area contributed by atoms with Gasteiger partial charge >= 0.3 is 0 Å². The molecule has 0 saturated carbocycles. The van der Waals surface area contributed by atoms with Gasteiger partial charge < -0.3 is 10.1 Å². The van der Waals surface area contributed by atoms with E-state index in [1.54, 1.807) is 24.3 Å². The number of nitrogens with zero attached hydrogens (tertiary/aromatic N) is 2. The second kappa shape index (κ2) is 13.2. The van der Waals surface area contributed by atoms with Crippen LogP contribution in [0.4, 0.5) is 10.1 Å². The molecule has 0 bridgehead atoms. The second-order valence-electron chi connectivity index (χ2n) is 7.96. The number of sulfonamides is 1. The van der Waals surface area contributed by atoms with Gasteiger partial charge in [0.15, 0.2) is 6.61 Å². The van der Waals surface area contributed by atoms with E-state index in [0.29, 0.717) is 22.2 Å². The van der Waals surface area contributed by atoms with E-state index in [-0.39, 0.29) is 18.2 Å². The topological polar surface area (TPSA) is 117 Å². The molecule has 0 heterocycles. The standard InChI is InChI=1S/C26H27FN4O5S/c1-37(34,35)31(24-10-6-5-9-23(24)27)18-25(32)30-29-17-21-11-13-22(14-12-21)36-19-26(33)28-16-15-20-7-3-2-4-8-20/h2-14,17H,15-16,18-19H2,1H3,(H,28,33)(H,30,32)/b29-17-. The molecule has 0 radical (unpaired) electrons. The number of carbonyl (C=O) groups is 2. The minimum atomic E-state index is -3.91. The Labute approximate surface area is 215 Å². The molecule has 9 nitrogen and oxygen atoms in total. The Hall–Kier alpha value is -4.25. The van der Waals surface area contributed by atoms with Gasteiger partial charge in [-0.3, -0.25) is 13.9 Å². The van der Waals surface area contributed by atoms with E-state index < -0.39 is 28.3 Å². The van der Waals surface area contributed by atoms with Crippen LogP contribution in [0.3, 0.4) is 0 Å². The summed E-state index contributed by atoms with van der Waals surface area (Å²) in [5.74, 6) is -1.27. The van der Waals surface area contributed by atoms with Gasteiger partial charge in [0.1, 0.15) is 18.1 Å². The van der Waals surface area contributed by atoms with Crippen molar-refractivity contribution >= 4 is 33.7 Å². The first-order chi connectivity index (χ1) is 17.7. The van der Waals surface area contributed by atoms with Crippen molar-refractivity contribution in [2.24, 2.45) is 5.10 Å². The van der Waals surface area contributed by atoms with Crippen molar-refractivity contribution in [2.75, 3.05) is 30.3 Å². The summed E-state index contributed by atoms with van der Waals surface area (Å²) in [7, 11) is -3.91. The van der Waals surface area contributed by atoms with E-state index in [2.05, 4.69) is 15.8 Å². The molecule has 0 atom stereocenters. The fraction of sp³-hybridized carbons (Fsp3) is 0.192. The number of hydrogen-bond acceptors (Lipinski definition) is 6. The third-order valence-electron chi connectivity index (χ3n) is 5.04. The number of benzene rings is 3. The second-order valence-corrected chi connectivity index (χ2v) is 9.86. The zero-order valence-electron chi connectivity index (χ0n) is 20.1. The first-order valence-corrected chi connectivity index (χ1v) is 13.1. The van der Waals surface area contributed by atoms with E-state index in [1.807, 2.05) is 30.3 Å². The number of para-hydroxylation sites is 1. The summed E-state index contributed by atoms with van der Waals surface area (Å²) in [4.78, 5) is 24.2. The lowest BCUT2D eigenvalue weighted by Gasteiger charge is -2.21. The molecule has 0 aromatic heterocycles. The Bertz CT molecular complexity index is 1330. The van der Waals surface area contributed by atoms with E-state index in [0.717, 1.165) is 24.3 Å². The number of carbonyl (C=O) groups excluding carboxylic acids is 2. The van der Waals surface area contributed by atoms with Crippen molar-refractivity contribution < 1.29 is 27.1 Å². The highest BCUT2D eigenvalue weighted by Gasteiger charge is 2.23. The molecule has 194 valence electrons. The van der Waals surface area contributed by atoms with Gasteiger partial charge in [0.25, 0.3) is 11.8 Å². The van der Waals surface area contributed by atoms with Crippen molar-refractivity contribution in [1.82, 2.24) is 10.7 Å². The molecule has 0 aliphatic rings. The summed E-state index contributed by atoms with van der Waals surface area (Å²) in [6.07, 6.45) is 2.96. The van der Waals surface area contributed by atoms with E-state index in [1.165, 1.54) is 24.4 Å². The summed E-state index contributed by atoms with van der Waals surface area (Å²) < 4.78 is 44.3. The van der Waals surface area contributed by atoms with Crippen LogP contribution in [-0.2, 0) is 26.0 Å². The highest BCUT2D eigenvalue weighted by molar-refractivity contribution is 7.92. The molecular formula is C26H27FN4O5S. The molecule has 0 saturated heterocycles. The van der Waals surface area contributed by atoms with Gasteiger partial charge in [-0.2, -0.15) is 5.10 Å². The minimum absolute atomic E-state index is 0.128. The summed E-state index contributed by atoms with van der Waals surface area (Å²) in [6.45, 7) is -0.260. The molecule has 37 heavy (non-hydrogen) atoms. The molecule has 0 aliphatic carbocycles. The Morgan fingerprint density at radius 3 is 2.32 bits per heavy atom. The summed E-state index contributed by atoms with van der Waals surface area (Å²) >= 11 is 0. The normalized spacial score (nSPS) is 11.2. The number of hydrazone groups is 1. The molecule has 3 aromatic rings. The lowest BCUT2D eigenvalue weighted by molar-refractivity contribution is -0.123. The fourth-order valence-electron chi connectivity index (χ4n) is 3.22. The molecule has 3 aromatic carbocycles. The molecule has 2 amide bonds. The van der Waals surface area contributed by atoms with E-state index in [9.17, 15) is 22.4 Å². The number of hydrogen-bond donors (Lipinski definition) is 2. The van der Waals surface area contributed by atoms with Crippen LogP contribution in [0.25, 0.3) is 0 Å². The predicted octanol–water partition coefficient (Wildman–Crippen LogP) is 2.48. The molecule has 0 fully saturated rings. The number of rotatable bonds is 12. The van der Waals surface area contributed by atoms with Gasteiger partial charge in [-0.1, -0.05) is 42.5 Å². The number of amides is 2. The zero-order chi connectivity index (χ0) is 26.7. The van der Waals surface area contributed by atoms with Crippen LogP contribution in [0.2, 0.25) is 0 Å². The predicted molar refractivity (Wildman–Crippen MR) is 139 cm³/mol. The third-order valence-corrected chi connectivity index (χ3v) is 6.17. The average molecular weight is 527 g/mol. The first kappa shape index (κ1) is 27.3. The van der Waals surface area contributed by atoms with Crippen molar-refractivity contribution in [3.8, 4) is 5.75 Å². The van der Waals surface area contributed by atoms with Gasteiger partial charge in [0.2, 0.25) is 10.0 Å². The SMILES string of the molecule is CS(=O)(=O)N(CC(=O)N/N=C\c1ccc(OCC(=O)NCCc2ccccc2)cc1)c1ccccc1F. The zero-order valence-corrected chi connectivity index (χ0v) is 20.9. The van der Waals surface area contributed by atoms with Crippen LogP contribution >= 0.6 is 0 Å². The van der Waals surface area contributed by atoms with Crippen LogP contribution in [-0.4, -0.2) is 52.4 Å². The maximum absolute atomic E-state index is 14.0. The lowest BCUT2D eigenvalue weighted by atomic mass is 10.1. The van der Waals surface area contributed by atoms with Crippen molar-refractivity contribution in [2.45, 2.75) is 6.42 Å². The molecular weight excluding hydrogens is 499 g/mol. The van der Waals surface area contributed by atoms with E-state index in [4.69, 9.17) is 4.74 Å². The summed E-state index contributed by atoms with van der Waals surface area (Å²) in [5, 5.41) is 6.61. The number of ether oxygens (including phenoxy) is 1. The monoisotopic (exact) mass is 526 g/mol. The van der Waals surface area contributed by atoms with Crippen LogP contribution in [0.5, 0.6) is 5.75 Å². The first-order valence-electron chi connectivity index (χ1n) is 11.3. The summed E-state index contributed by atoms with van der Waals surface area (Å²) in [5.41, 5.74) is 3.75. The Morgan fingerprint density at radius 2 is 1.65 bits per heavy atom. The lowest BCUT2D eigenvalue weighted by Crippen LogP contribution is -2.39. The molecule has 0 unspecified atom stereocenters.